The predicted molar refractivity (Wildman–Crippen MR) is 118 cm³/mol. The summed E-state index contributed by atoms with van der Waals surface area (Å²) in [7, 11) is -3.75. The molecule has 34 heavy (non-hydrogen) atoms. The number of imidazole rings is 1. The molecule has 2 aromatic carbocycles. The van der Waals surface area contributed by atoms with Gasteiger partial charge >= 0.3 is 6.18 Å². The lowest BCUT2D eigenvalue weighted by atomic mass is 10.0. The van der Waals surface area contributed by atoms with Crippen LogP contribution in [0.1, 0.15) is 5.56 Å². The molecule has 0 aliphatic carbocycles. The molecule has 2 heterocycles. The van der Waals surface area contributed by atoms with Crippen LogP contribution in [0.5, 0.6) is 0 Å². The molecule has 1 aliphatic heterocycles. The Labute approximate surface area is 193 Å². The molecular formula is C22H22F4N4O3S. The van der Waals surface area contributed by atoms with Gasteiger partial charge in [-0.15, -0.1) is 0 Å². The lowest BCUT2D eigenvalue weighted by Crippen LogP contribution is -2.40. The van der Waals surface area contributed by atoms with Crippen molar-refractivity contribution in [2.24, 2.45) is 5.73 Å². The van der Waals surface area contributed by atoms with E-state index >= 15 is 0 Å². The van der Waals surface area contributed by atoms with Crippen LogP contribution in [-0.4, -0.2) is 55.1 Å². The number of hydrogen-bond donors (Lipinski definition) is 1. The molecule has 0 amide bonds. The molecule has 0 spiro atoms. The largest absolute Gasteiger partial charge is 0.416 e. The van der Waals surface area contributed by atoms with Crippen molar-refractivity contribution in [3.8, 4) is 11.1 Å². The van der Waals surface area contributed by atoms with Gasteiger partial charge in [0, 0.05) is 25.2 Å². The van der Waals surface area contributed by atoms with Crippen LogP contribution < -0.4 is 5.73 Å². The molecule has 7 nitrogen and oxygen atoms in total. The van der Waals surface area contributed by atoms with Gasteiger partial charge in [-0.3, -0.25) is 0 Å². The number of hydrogen-bond acceptors (Lipinski definition) is 5. The van der Waals surface area contributed by atoms with Crippen molar-refractivity contribution in [3.63, 3.8) is 0 Å². The number of halogens is 4. The summed E-state index contributed by atoms with van der Waals surface area (Å²) in [4.78, 5) is 4.23. The first-order valence-corrected chi connectivity index (χ1v) is 11.8. The average molecular weight is 499 g/mol. The highest BCUT2D eigenvalue weighted by Gasteiger charge is 2.32. The Morgan fingerprint density at radius 1 is 1.15 bits per heavy atom. The van der Waals surface area contributed by atoms with Gasteiger partial charge in [-0.2, -0.15) is 17.5 Å². The number of allylic oxidation sites excluding steroid dienone is 1. The summed E-state index contributed by atoms with van der Waals surface area (Å²) in [6.45, 7) is 0.685. The molecule has 0 saturated carbocycles. The lowest BCUT2D eigenvalue weighted by molar-refractivity contribution is -0.137. The number of ether oxygens (including phenoxy) is 1. The van der Waals surface area contributed by atoms with Crippen LogP contribution >= 0.6 is 0 Å². The summed E-state index contributed by atoms with van der Waals surface area (Å²) in [5.74, 6) is -0.599. The van der Waals surface area contributed by atoms with Crippen molar-refractivity contribution >= 4 is 21.1 Å². The highest BCUT2D eigenvalue weighted by Crippen LogP contribution is 2.37. The first kappa shape index (κ1) is 24.3. The van der Waals surface area contributed by atoms with Gasteiger partial charge in [-0.25, -0.2) is 17.8 Å². The maximum Gasteiger partial charge on any atom is 0.416 e. The molecule has 3 aromatic rings. The summed E-state index contributed by atoms with van der Waals surface area (Å²) >= 11 is 0. The van der Waals surface area contributed by atoms with E-state index in [1.807, 2.05) is 0 Å². The monoisotopic (exact) mass is 498 g/mol. The van der Waals surface area contributed by atoms with E-state index in [1.165, 1.54) is 39.5 Å². The van der Waals surface area contributed by atoms with Gasteiger partial charge in [0.05, 0.1) is 47.6 Å². The normalized spacial score (nSPS) is 16.3. The van der Waals surface area contributed by atoms with Crippen LogP contribution in [0, 0.1) is 0 Å². The quantitative estimate of drug-likeness (QED) is 0.525. The number of rotatable bonds is 6. The average Bonchev–Trinajstić information content (AvgIpc) is 3.21. The minimum absolute atomic E-state index is 0.0286. The Morgan fingerprint density at radius 3 is 2.44 bits per heavy atom. The Kier molecular flexibility index (Phi) is 6.76. The maximum absolute atomic E-state index is 14.0. The van der Waals surface area contributed by atoms with Crippen molar-refractivity contribution in [3.05, 3.63) is 60.2 Å². The van der Waals surface area contributed by atoms with E-state index in [-0.39, 0.29) is 47.7 Å². The van der Waals surface area contributed by atoms with E-state index in [4.69, 9.17) is 10.5 Å². The maximum atomic E-state index is 14.0. The molecule has 0 bridgehead atoms. The third-order valence-corrected chi connectivity index (χ3v) is 7.40. The van der Waals surface area contributed by atoms with Gasteiger partial charge in [-0.05, 0) is 35.9 Å². The van der Waals surface area contributed by atoms with Crippen molar-refractivity contribution in [2.75, 3.05) is 32.8 Å². The molecule has 0 atom stereocenters. The molecule has 0 radical (unpaired) electrons. The van der Waals surface area contributed by atoms with Crippen LogP contribution in [0.25, 0.3) is 22.2 Å². The molecule has 182 valence electrons. The fraction of sp³-hybridized carbons (Fsp3) is 0.318. The molecule has 1 aliphatic rings. The first-order chi connectivity index (χ1) is 16.1. The minimum Gasteiger partial charge on any atom is -0.379 e. The zero-order chi connectivity index (χ0) is 24.5. The van der Waals surface area contributed by atoms with Crippen molar-refractivity contribution < 1.29 is 30.7 Å². The van der Waals surface area contributed by atoms with E-state index in [9.17, 15) is 26.0 Å². The SMILES string of the molecule is NC/C=C(\F)Cn1cnc2c(-c3ccc(S(=O)(=O)N4CCOCC4)cc3)cc(C(F)(F)F)cc21. The fourth-order valence-electron chi connectivity index (χ4n) is 3.77. The van der Waals surface area contributed by atoms with Crippen LogP contribution in [0.3, 0.4) is 0 Å². The Bertz CT molecular complexity index is 1310. The number of morpholine rings is 1. The van der Waals surface area contributed by atoms with Crippen molar-refractivity contribution in [1.82, 2.24) is 13.9 Å². The second-order valence-electron chi connectivity index (χ2n) is 7.69. The molecule has 1 fully saturated rings. The molecular weight excluding hydrogens is 476 g/mol. The molecule has 12 heteroatoms. The summed E-state index contributed by atoms with van der Waals surface area (Å²) in [6, 6.07) is 7.46. The number of alkyl halides is 3. The minimum atomic E-state index is -4.65. The number of aromatic nitrogens is 2. The summed E-state index contributed by atoms with van der Waals surface area (Å²) in [6.07, 6.45) is -2.26. The number of benzene rings is 2. The van der Waals surface area contributed by atoms with Gasteiger partial charge in [0.25, 0.3) is 0 Å². The van der Waals surface area contributed by atoms with Crippen LogP contribution in [0.4, 0.5) is 17.6 Å². The Hall–Kier alpha value is -2.80. The third-order valence-electron chi connectivity index (χ3n) is 5.49. The van der Waals surface area contributed by atoms with Crippen molar-refractivity contribution in [1.29, 1.82) is 0 Å². The molecule has 1 saturated heterocycles. The summed E-state index contributed by atoms with van der Waals surface area (Å²) in [5.41, 5.74) is 5.20. The zero-order valence-electron chi connectivity index (χ0n) is 17.9. The number of fused-ring (bicyclic) bond motifs is 1. The molecule has 1 aromatic heterocycles. The smallest absolute Gasteiger partial charge is 0.379 e. The van der Waals surface area contributed by atoms with Gasteiger partial charge in [0.1, 0.15) is 5.83 Å². The first-order valence-electron chi connectivity index (χ1n) is 10.4. The van der Waals surface area contributed by atoms with E-state index in [0.29, 0.717) is 18.8 Å². The van der Waals surface area contributed by atoms with E-state index in [0.717, 1.165) is 18.2 Å². The number of nitrogens with zero attached hydrogens (tertiary/aromatic N) is 3. The molecule has 4 rings (SSSR count). The zero-order valence-corrected chi connectivity index (χ0v) is 18.7. The van der Waals surface area contributed by atoms with Crippen LogP contribution in [0.15, 0.2) is 59.5 Å². The summed E-state index contributed by atoms with van der Waals surface area (Å²) in [5, 5.41) is 0. The van der Waals surface area contributed by atoms with Crippen molar-refractivity contribution in [2.45, 2.75) is 17.6 Å². The third kappa shape index (κ3) is 4.85. The Balaban J connectivity index is 1.77. The molecule has 0 unspecified atom stereocenters. The highest BCUT2D eigenvalue weighted by molar-refractivity contribution is 7.89. The van der Waals surface area contributed by atoms with Gasteiger partial charge in [0.2, 0.25) is 10.0 Å². The highest BCUT2D eigenvalue weighted by atomic mass is 32.2. The van der Waals surface area contributed by atoms with Gasteiger partial charge < -0.3 is 15.0 Å². The fourth-order valence-corrected chi connectivity index (χ4v) is 5.18. The Morgan fingerprint density at radius 2 is 1.82 bits per heavy atom. The van der Waals surface area contributed by atoms with E-state index in [1.54, 1.807) is 0 Å². The van der Waals surface area contributed by atoms with E-state index < -0.39 is 27.6 Å². The van der Waals surface area contributed by atoms with Gasteiger partial charge in [-0.1, -0.05) is 12.1 Å². The predicted octanol–water partition coefficient (Wildman–Crippen LogP) is 3.56. The van der Waals surface area contributed by atoms with Gasteiger partial charge in [0.15, 0.2) is 0 Å². The topological polar surface area (TPSA) is 90.5 Å². The standard InChI is InChI=1S/C22H22F4N4O3S/c23-17(5-6-27)13-29-14-28-21-19(11-16(12-20(21)29)22(24,25)26)15-1-3-18(4-2-15)34(31,32)30-7-9-33-10-8-30/h1-5,11-12,14H,6-10,13,27H2/b17-5-. The number of nitrogens with two attached hydrogens (primary N) is 1. The second-order valence-corrected chi connectivity index (χ2v) is 9.63. The summed E-state index contributed by atoms with van der Waals surface area (Å²) < 4.78 is 88.4. The van der Waals surface area contributed by atoms with E-state index in [2.05, 4.69) is 4.98 Å². The lowest BCUT2D eigenvalue weighted by Gasteiger charge is -2.26. The van der Waals surface area contributed by atoms with Crippen LogP contribution in [0.2, 0.25) is 0 Å². The second kappa shape index (κ2) is 9.45. The van der Waals surface area contributed by atoms with Crippen LogP contribution in [-0.2, 0) is 27.5 Å². The molecule has 2 N–H and O–H groups in total. The number of sulfonamides is 1.